The standard InChI is InChI=1S/C15H23NO3/c1-10-6-14(18-5)11(7-13(10)17-4)12-8-19-9-15(2,3)16-12/h6-7,12,16H,8-9H2,1-5H3. The first-order chi connectivity index (χ1) is 8.96. The first kappa shape index (κ1) is 14.2. The lowest BCUT2D eigenvalue weighted by molar-refractivity contribution is 0.0121. The second-order valence-electron chi connectivity index (χ2n) is 5.66. The van der Waals surface area contributed by atoms with Crippen molar-refractivity contribution >= 4 is 0 Å². The molecule has 0 bridgehead atoms. The van der Waals surface area contributed by atoms with Crippen LogP contribution >= 0.6 is 0 Å². The molecule has 106 valence electrons. The first-order valence-corrected chi connectivity index (χ1v) is 6.55. The number of methoxy groups -OCH3 is 2. The Bertz CT molecular complexity index is 457. The molecule has 0 aliphatic carbocycles. The van der Waals surface area contributed by atoms with Crippen molar-refractivity contribution in [3.63, 3.8) is 0 Å². The highest BCUT2D eigenvalue weighted by Gasteiger charge is 2.30. The summed E-state index contributed by atoms with van der Waals surface area (Å²) in [6.45, 7) is 7.65. The van der Waals surface area contributed by atoms with E-state index < -0.39 is 0 Å². The predicted molar refractivity (Wildman–Crippen MR) is 75.1 cm³/mol. The van der Waals surface area contributed by atoms with Gasteiger partial charge in [0.15, 0.2) is 0 Å². The second kappa shape index (κ2) is 5.39. The van der Waals surface area contributed by atoms with E-state index in [1.54, 1.807) is 14.2 Å². The van der Waals surface area contributed by atoms with Crippen LogP contribution in [0.4, 0.5) is 0 Å². The fourth-order valence-electron chi connectivity index (χ4n) is 2.50. The summed E-state index contributed by atoms with van der Waals surface area (Å²) in [5, 5.41) is 3.59. The predicted octanol–water partition coefficient (Wildman–Crippen LogP) is 2.45. The maximum atomic E-state index is 5.70. The summed E-state index contributed by atoms with van der Waals surface area (Å²) in [5.41, 5.74) is 2.11. The molecule has 4 heteroatoms. The van der Waals surface area contributed by atoms with E-state index >= 15 is 0 Å². The van der Waals surface area contributed by atoms with E-state index in [0.717, 1.165) is 29.2 Å². The SMILES string of the molecule is COc1cc(C2COCC(C)(C)N2)c(OC)cc1C. The Balaban J connectivity index is 2.37. The van der Waals surface area contributed by atoms with Gasteiger partial charge in [-0.05, 0) is 38.5 Å². The highest BCUT2D eigenvalue weighted by molar-refractivity contribution is 5.47. The molecule has 0 aromatic heterocycles. The molecule has 1 aromatic rings. The van der Waals surface area contributed by atoms with Gasteiger partial charge in [0.2, 0.25) is 0 Å². The van der Waals surface area contributed by atoms with Gasteiger partial charge in [0, 0.05) is 11.1 Å². The Morgan fingerprint density at radius 2 is 1.89 bits per heavy atom. The minimum absolute atomic E-state index is 0.0357. The summed E-state index contributed by atoms with van der Waals surface area (Å²) in [6, 6.07) is 4.17. The summed E-state index contributed by atoms with van der Waals surface area (Å²) in [4.78, 5) is 0. The molecule has 2 rings (SSSR count). The van der Waals surface area contributed by atoms with Crippen LogP contribution in [0.2, 0.25) is 0 Å². The number of ether oxygens (including phenoxy) is 3. The average molecular weight is 265 g/mol. The van der Waals surface area contributed by atoms with Crippen molar-refractivity contribution in [2.24, 2.45) is 0 Å². The van der Waals surface area contributed by atoms with Crippen LogP contribution in [-0.2, 0) is 4.74 Å². The summed E-state index contributed by atoms with van der Waals surface area (Å²) in [5.74, 6) is 1.75. The van der Waals surface area contributed by atoms with Gasteiger partial charge < -0.3 is 19.5 Å². The Morgan fingerprint density at radius 3 is 2.47 bits per heavy atom. The topological polar surface area (TPSA) is 39.7 Å². The molecule has 1 unspecified atom stereocenters. The van der Waals surface area contributed by atoms with E-state index in [1.807, 2.05) is 19.1 Å². The molecule has 0 spiro atoms. The summed E-state index contributed by atoms with van der Waals surface area (Å²) in [7, 11) is 3.38. The highest BCUT2D eigenvalue weighted by Crippen LogP contribution is 2.34. The Hall–Kier alpha value is -1.26. The fourth-order valence-corrected chi connectivity index (χ4v) is 2.50. The van der Waals surface area contributed by atoms with Gasteiger partial charge >= 0.3 is 0 Å². The van der Waals surface area contributed by atoms with Crippen LogP contribution < -0.4 is 14.8 Å². The van der Waals surface area contributed by atoms with Gasteiger partial charge in [-0.3, -0.25) is 0 Å². The third kappa shape index (κ3) is 3.01. The second-order valence-corrected chi connectivity index (χ2v) is 5.66. The molecule has 0 amide bonds. The van der Waals surface area contributed by atoms with Gasteiger partial charge in [-0.1, -0.05) is 0 Å². The van der Waals surface area contributed by atoms with Gasteiger partial charge in [0.1, 0.15) is 11.5 Å². The van der Waals surface area contributed by atoms with E-state index in [9.17, 15) is 0 Å². The Morgan fingerprint density at radius 1 is 1.21 bits per heavy atom. The minimum Gasteiger partial charge on any atom is -0.496 e. The molecule has 1 aromatic carbocycles. The highest BCUT2D eigenvalue weighted by atomic mass is 16.5. The molecule has 1 aliphatic rings. The van der Waals surface area contributed by atoms with Crippen molar-refractivity contribution in [2.75, 3.05) is 27.4 Å². The van der Waals surface area contributed by atoms with Gasteiger partial charge in [-0.25, -0.2) is 0 Å². The van der Waals surface area contributed by atoms with E-state index in [0.29, 0.717) is 6.61 Å². The van der Waals surface area contributed by atoms with Crippen LogP contribution in [0.3, 0.4) is 0 Å². The van der Waals surface area contributed by atoms with Crippen LogP contribution in [0.1, 0.15) is 31.0 Å². The molecule has 0 radical (unpaired) electrons. The van der Waals surface area contributed by atoms with Crippen LogP contribution in [-0.4, -0.2) is 33.0 Å². The number of hydrogen-bond acceptors (Lipinski definition) is 4. The molecular formula is C15H23NO3. The number of aryl methyl sites for hydroxylation is 1. The number of morpholine rings is 1. The lowest BCUT2D eigenvalue weighted by Gasteiger charge is -2.37. The van der Waals surface area contributed by atoms with Crippen molar-refractivity contribution in [2.45, 2.75) is 32.4 Å². The summed E-state index contributed by atoms with van der Waals surface area (Å²) in [6.07, 6.45) is 0. The fraction of sp³-hybridized carbons (Fsp3) is 0.600. The zero-order chi connectivity index (χ0) is 14.0. The monoisotopic (exact) mass is 265 g/mol. The molecule has 4 nitrogen and oxygen atoms in total. The quantitative estimate of drug-likeness (QED) is 0.911. The van der Waals surface area contributed by atoms with Gasteiger partial charge in [-0.15, -0.1) is 0 Å². The summed E-state index contributed by atoms with van der Waals surface area (Å²) >= 11 is 0. The van der Waals surface area contributed by atoms with Crippen molar-refractivity contribution in [1.82, 2.24) is 5.32 Å². The number of rotatable bonds is 3. The minimum atomic E-state index is -0.0357. The molecule has 1 fully saturated rings. The molecule has 1 atom stereocenters. The zero-order valence-corrected chi connectivity index (χ0v) is 12.4. The van der Waals surface area contributed by atoms with Crippen molar-refractivity contribution in [3.8, 4) is 11.5 Å². The molecule has 1 aliphatic heterocycles. The number of nitrogens with one attached hydrogen (secondary N) is 1. The molecule has 19 heavy (non-hydrogen) atoms. The van der Waals surface area contributed by atoms with E-state index in [-0.39, 0.29) is 11.6 Å². The number of hydrogen-bond donors (Lipinski definition) is 1. The lowest BCUT2D eigenvalue weighted by Crippen LogP contribution is -2.51. The van der Waals surface area contributed by atoms with Crippen LogP contribution in [0.25, 0.3) is 0 Å². The normalized spacial score (nSPS) is 22.1. The number of benzene rings is 1. The first-order valence-electron chi connectivity index (χ1n) is 6.55. The van der Waals surface area contributed by atoms with E-state index in [1.165, 1.54) is 0 Å². The Labute approximate surface area is 115 Å². The van der Waals surface area contributed by atoms with Crippen LogP contribution in [0.5, 0.6) is 11.5 Å². The molecule has 0 saturated carbocycles. The third-order valence-electron chi connectivity index (χ3n) is 3.44. The van der Waals surface area contributed by atoms with E-state index in [4.69, 9.17) is 14.2 Å². The molecule has 1 saturated heterocycles. The maximum absolute atomic E-state index is 5.70. The van der Waals surface area contributed by atoms with E-state index in [2.05, 4.69) is 19.2 Å². The van der Waals surface area contributed by atoms with Gasteiger partial charge in [-0.2, -0.15) is 0 Å². The molecule has 1 N–H and O–H groups in total. The summed E-state index contributed by atoms with van der Waals surface area (Å²) < 4.78 is 16.6. The van der Waals surface area contributed by atoms with Gasteiger partial charge in [0.25, 0.3) is 0 Å². The van der Waals surface area contributed by atoms with Crippen molar-refractivity contribution < 1.29 is 14.2 Å². The smallest absolute Gasteiger partial charge is 0.124 e. The zero-order valence-electron chi connectivity index (χ0n) is 12.4. The van der Waals surface area contributed by atoms with Crippen molar-refractivity contribution in [3.05, 3.63) is 23.3 Å². The van der Waals surface area contributed by atoms with Gasteiger partial charge in [0.05, 0.1) is 33.5 Å². The lowest BCUT2D eigenvalue weighted by atomic mass is 9.97. The van der Waals surface area contributed by atoms with Crippen LogP contribution in [0.15, 0.2) is 12.1 Å². The van der Waals surface area contributed by atoms with Crippen molar-refractivity contribution in [1.29, 1.82) is 0 Å². The molecular weight excluding hydrogens is 242 g/mol. The Kier molecular flexibility index (Phi) is 4.02. The van der Waals surface area contributed by atoms with Crippen LogP contribution in [0, 0.1) is 6.92 Å². The molecule has 1 heterocycles. The largest absolute Gasteiger partial charge is 0.496 e. The maximum Gasteiger partial charge on any atom is 0.124 e. The third-order valence-corrected chi connectivity index (χ3v) is 3.44. The average Bonchev–Trinajstić information content (AvgIpc) is 2.37.